The van der Waals surface area contributed by atoms with E-state index in [0.29, 0.717) is 74.5 Å². The Bertz CT molecular complexity index is 2770. The predicted octanol–water partition coefficient (Wildman–Crippen LogP) is 8.42. The van der Waals surface area contributed by atoms with Gasteiger partial charge in [0.25, 0.3) is 0 Å². The molecule has 6 heterocycles. The van der Waals surface area contributed by atoms with Crippen LogP contribution < -0.4 is 35.8 Å². The van der Waals surface area contributed by atoms with E-state index in [-0.39, 0.29) is 24.1 Å². The van der Waals surface area contributed by atoms with Gasteiger partial charge in [-0.1, -0.05) is 6.92 Å². The summed E-state index contributed by atoms with van der Waals surface area (Å²) < 4.78 is 65.5. The van der Waals surface area contributed by atoms with Gasteiger partial charge in [-0.05, 0) is 104 Å². The number of nitrogens with zero attached hydrogens (tertiary/aromatic N) is 6. The number of ether oxygens (including phenoxy) is 1. The Hall–Kier alpha value is -5.22. The highest BCUT2D eigenvalue weighted by Gasteiger charge is 2.38. The number of hydrogen-bond donors (Lipinski definition) is 3. The molecular formula is C49H56BrF3N9O4P. The van der Waals surface area contributed by atoms with Crippen LogP contribution in [-0.4, -0.2) is 116 Å². The lowest BCUT2D eigenvalue weighted by atomic mass is 9.89. The number of fused-ring (bicyclic) bond motifs is 1. The molecule has 0 bridgehead atoms. The normalized spacial score (nSPS) is 19.1. The first kappa shape index (κ1) is 46.9. The summed E-state index contributed by atoms with van der Waals surface area (Å²) in [5.74, 6) is -2.77. The van der Waals surface area contributed by atoms with Gasteiger partial charge >= 0.3 is 0 Å². The summed E-state index contributed by atoms with van der Waals surface area (Å²) in [6, 6.07) is 14.6. The van der Waals surface area contributed by atoms with Crippen LogP contribution in [0.4, 0.5) is 47.4 Å². The predicted molar refractivity (Wildman–Crippen MR) is 262 cm³/mol. The Morgan fingerprint density at radius 3 is 2.16 bits per heavy atom. The highest BCUT2D eigenvalue weighted by molar-refractivity contribution is 9.10. The van der Waals surface area contributed by atoms with Crippen LogP contribution in [0.3, 0.4) is 0 Å². The molecule has 3 N–H and O–H groups in total. The van der Waals surface area contributed by atoms with E-state index in [1.807, 2.05) is 17.0 Å². The first-order chi connectivity index (χ1) is 32.1. The zero-order valence-electron chi connectivity index (χ0n) is 38.4. The summed E-state index contributed by atoms with van der Waals surface area (Å²) in [7, 11) is -1.23. The standard InChI is InChI=1S/C49H56BrF3N9O4P/c1-6-29-19-42(57-45-23-41(35(50)25-54-45)56-40-9-8-39-34(48(40)67(4,5)65)22-36(51)28(2)55-39)44(66-3)24-43(29)61-13-11-30(12-14-61)59-15-17-60(18-16-59)32-26-62(27-32)31-20-37(52)47(38(53)21-31)33-7-10-46(63)58-49(33)64/h8-9,19-25,30,32-33H,6-7,10-18,26-27H2,1-5H3,(H2,54,56,57)(H,58,63,64)/t33-/m1/s1. The van der Waals surface area contributed by atoms with Gasteiger partial charge in [0.2, 0.25) is 11.8 Å². The third-order valence-corrected chi connectivity index (χ3v) is 16.1. The molecule has 0 aliphatic carbocycles. The number of hydrogen-bond acceptors (Lipinski definition) is 12. The molecule has 0 saturated carbocycles. The average Bonchev–Trinajstić information content (AvgIpc) is 3.27. The maximum Gasteiger partial charge on any atom is 0.234 e. The highest BCUT2D eigenvalue weighted by Crippen LogP contribution is 2.43. The zero-order chi connectivity index (χ0) is 47.3. The summed E-state index contributed by atoms with van der Waals surface area (Å²) in [6.07, 6.45) is 4.76. The number of piperidine rings is 2. The molecule has 4 saturated heterocycles. The van der Waals surface area contributed by atoms with Crippen molar-refractivity contribution in [3.05, 3.63) is 93.5 Å². The van der Waals surface area contributed by atoms with Crippen molar-refractivity contribution in [2.75, 3.05) is 93.2 Å². The van der Waals surface area contributed by atoms with Crippen molar-refractivity contribution in [3.8, 4) is 5.75 Å². The van der Waals surface area contributed by atoms with E-state index < -0.39 is 42.3 Å². The number of aryl methyl sites for hydroxylation is 2. The fourth-order valence-electron chi connectivity index (χ4n) is 10.2. The number of anilines is 6. The van der Waals surface area contributed by atoms with Gasteiger partial charge in [-0.25, -0.2) is 18.2 Å². The SMILES string of the molecule is CCc1cc(Nc2cc(Nc3ccc4nc(C)c(F)cc4c3P(C)(C)=O)c(Br)cn2)c(OC)cc1N1CCC(N2CCN(C3CN(c4cc(F)c([C@H]5CCC(=O)NC5=O)c(F)c4)C3)CC2)CC1. The van der Waals surface area contributed by atoms with Gasteiger partial charge in [0.15, 0.2) is 0 Å². The smallest absolute Gasteiger partial charge is 0.234 e. The molecule has 5 aromatic rings. The molecule has 1 atom stereocenters. The molecule has 4 aliphatic heterocycles. The largest absolute Gasteiger partial charge is 0.494 e. The molecule has 9 rings (SSSR count). The first-order valence-electron chi connectivity index (χ1n) is 22.9. The molecule has 0 radical (unpaired) electrons. The van der Waals surface area contributed by atoms with Crippen LogP contribution in [0.1, 0.15) is 55.3 Å². The number of carbonyl (C=O) groups excluding carboxylic acids is 2. The molecule has 0 spiro atoms. The minimum Gasteiger partial charge on any atom is -0.494 e. The summed E-state index contributed by atoms with van der Waals surface area (Å²) in [5.41, 5.74) is 5.48. The molecule has 3 aromatic carbocycles. The van der Waals surface area contributed by atoms with E-state index in [0.717, 1.165) is 69.9 Å². The van der Waals surface area contributed by atoms with Crippen LogP contribution in [0.15, 0.2) is 59.2 Å². The minimum atomic E-state index is -2.90. The van der Waals surface area contributed by atoms with Gasteiger partial charge < -0.3 is 29.7 Å². The van der Waals surface area contributed by atoms with E-state index >= 15 is 8.78 Å². The van der Waals surface area contributed by atoms with Crippen molar-refractivity contribution in [3.63, 3.8) is 0 Å². The molecule has 18 heteroatoms. The number of pyridine rings is 2. The Morgan fingerprint density at radius 2 is 1.52 bits per heavy atom. The molecule has 0 unspecified atom stereocenters. The van der Waals surface area contributed by atoms with Crippen LogP contribution >= 0.6 is 23.1 Å². The van der Waals surface area contributed by atoms with Crippen LogP contribution in [0.2, 0.25) is 0 Å². The summed E-state index contributed by atoms with van der Waals surface area (Å²) >= 11 is 3.63. The second-order valence-corrected chi connectivity index (χ2v) is 22.4. The van der Waals surface area contributed by atoms with Gasteiger partial charge in [0.1, 0.15) is 36.2 Å². The Labute approximate surface area is 397 Å². The van der Waals surface area contributed by atoms with Gasteiger partial charge in [0, 0.05) is 117 Å². The van der Waals surface area contributed by atoms with Crippen molar-refractivity contribution >= 4 is 85.3 Å². The second-order valence-electron chi connectivity index (χ2n) is 18.4. The van der Waals surface area contributed by atoms with Gasteiger partial charge in [-0.15, -0.1) is 0 Å². The fraction of sp³-hybridized carbons (Fsp3) is 0.429. The number of imide groups is 1. The number of benzene rings is 3. The number of carbonyl (C=O) groups is 2. The molecular weight excluding hydrogens is 946 g/mol. The topological polar surface area (TPSA) is 135 Å². The van der Waals surface area contributed by atoms with E-state index in [1.54, 1.807) is 39.6 Å². The fourth-order valence-corrected chi connectivity index (χ4v) is 12.0. The number of amides is 2. The Balaban J connectivity index is 0.801. The molecule has 354 valence electrons. The quantitative estimate of drug-likeness (QED) is 0.0819. The number of nitrogens with one attached hydrogen (secondary N) is 3. The third-order valence-electron chi connectivity index (χ3n) is 13.9. The van der Waals surface area contributed by atoms with Crippen molar-refractivity contribution in [1.82, 2.24) is 25.1 Å². The molecule has 13 nitrogen and oxygen atoms in total. The Morgan fingerprint density at radius 1 is 0.836 bits per heavy atom. The van der Waals surface area contributed by atoms with Crippen LogP contribution in [-0.2, 0) is 20.6 Å². The number of aromatic nitrogens is 2. The van der Waals surface area contributed by atoms with Crippen molar-refractivity contribution < 1.29 is 32.1 Å². The second kappa shape index (κ2) is 19.0. The lowest BCUT2D eigenvalue weighted by Gasteiger charge is -2.50. The minimum absolute atomic E-state index is 0.0583. The van der Waals surface area contributed by atoms with Crippen LogP contribution in [0.25, 0.3) is 10.9 Å². The average molecular weight is 1000 g/mol. The van der Waals surface area contributed by atoms with Crippen molar-refractivity contribution in [1.29, 1.82) is 0 Å². The lowest BCUT2D eigenvalue weighted by molar-refractivity contribution is -0.134. The Kier molecular flexibility index (Phi) is 13.3. The van der Waals surface area contributed by atoms with Gasteiger partial charge in [0.05, 0.1) is 45.8 Å². The first-order valence-corrected chi connectivity index (χ1v) is 26.3. The molecule has 2 aromatic heterocycles. The molecule has 67 heavy (non-hydrogen) atoms. The maximum atomic E-state index is 15.2. The highest BCUT2D eigenvalue weighted by atomic mass is 79.9. The van der Waals surface area contributed by atoms with Crippen molar-refractivity contribution in [2.24, 2.45) is 0 Å². The number of halogens is 4. The monoisotopic (exact) mass is 1000 g/mol. The van der Waals surface area contributed by atoms with Crippen LogP contribution in [0.5, 0.6) is 5.75 Å². The van der Waals surface area contributed by atoms with E-state index in [9.17, 15) is 18.5 Å². The number of rotatable bonds is 12. The van der Waals surface area contributed by atoms with Crippen LogP contribution in [0, 0.1) is 24.4 Å². The van der Waals surface area contributed by atoms with E-state index in [1.165, 1.54) is 23.8 Å². The van der Waals surface area contributed by atoms with E-state index in [2.05, 4.69) is 75.6 Å². The summed E-state index contributed by atoms with van der Waals surface area (Å²) in [5, 5.41) is 10.1. The lowest BCUT2D eigenvalue weighted by Crippen LogP contribution is -2.64. The molecule has 4 aliphatic rings. The van der Waals surface area contributed by atoms with Crippen molar-refractivity contribution in [2.45, 2.75) is 64.0 Å². The zero-order valence-corrected chi connectivity index (χ0v) is 40.9. The summed E-state index contributed by atoms with van der Waals surface area (Å²) in [6.45, 7) is 14.1. The maximum absolute atomic E-state index is 15.2. The third kappa shape index (κ3) is 9.62. The number of methoxy groups -OCH3 is 1. The number of piperazine rings is 1. The van der Waals surface area contributed by atoms with Gasteiger partial charge in [-0.2, -0.15) is 0 Å². The van der Waals surface area contributed by atoms with E-state index in [4.69, 9.17) is 4.74 Å². The van der Waals surface area contributed by atoms with Gasteiger partial charge in [-0.3, -0.25) is 29.7 Å². The molecule has 4 fully saturated rings. The summed E-state index contributed by atoms with van der Waals surface area (Å²) in [4.78, 5) is 42.5. The molecule has 2 amide bonds.